The second-order valence-corrected chi connectivity index (χ2v) is 9.48. The minimum atomic E-state index is -0.0995. The molecule has 0 N–H and O–H groups in total. The maximum atomic E-state index is 13.0. The Morgan fingerprint density at radius 2 is 2.00 bits per heavy atom. The van der Waals surface area contributed by atoms with Crippen molar-refractivity contribution in [1.82, 2.24) is 18.9 Å². The summed E-state index contributed by atoms with van der Waals surface area (Å²) in [6, 6.07) is 5.34. The van der Waals surface area contributed by atoms with E-state index in [1.54, 1.807) is 39.6 Å². The van der Waals surface area contributed by atoms with Crippen LogP contribution in [0.1, 0.15) is 34.5 Å². The lowest BCUT2D eigenvalue weighted by Crippen LogP contribution is -2.20. The number of hydrogen-bond donors (Lipinski definition) is 0. The summed E-state index contributed by atoms with van der Waals surface area (Å²) in [5.74, 6) is 0.483. The van der Waals surface area contributed by atoms with Gasteiger partial charge < -0.3 is 0 Å². The molecule has 8 heteroatoms. The summed E-state index contributed by atoms with van der Waals surface area (Å²) in [6.07, 6.45) is 6.14. The summed E-state index contributed by atoms with van der Waals surface area (Å²) in [7, 11) is 1.77. The van der Waals surface area contributed by atoms with Gasteiger partial charge in [0.2, 0.25) is 0 Å². The highest BCUT2D eigenvalue weighted by Crippen LogP contribution is 2.34. The molecule has 29 heavy (non-hydrogen) atoms. The monoisotopic (exact) mass is 424 g/mol. The van der Waals surface area contributed by atoms with Crippen LogP contribution in [0.4, 0.5) is 0 Å². The smallest absolute Gasteiger partial charge is 0.262 e. The minimum Gasteiger partial charge on any atom is -0.290 e. The van der Waals surface area contributed by atoms with Crippen molar-refractivity contribution in [2.45, 2.75) is 43.5 Å². The Balaban J connectivity index is 1.50. The van der Waals surface area contributed by atoms with E-state index in [-0.39, 0.29) is 11.1 Å². The van der Waals surface area contributed by atoms with Crippen LogP contribution in [0.5, 0.6) is 0 Å². The van der Waals surface area contributed by atoms with Crippen molar-refractivity contribution < 1.29 is 0 Å². The zero-order chi connectivity index (χ0) is 20.1. The first-order valence-electron chi connectivity index (χ1n) is 9.64. The fourth-order valence-electron chi connectivity index (χ4n) is 3.87. The average Bonchev–Trinajstić information content (AvgIpc) is 3.08. The number of aryl methyl sites for hydroxylation is 3. The quantitative estimate of drug-likeness (QED) is 0.372. The normalized spacial score (nSPS) is 13.9. The lowest BCUT2D eigenvalue weighted by atomic mass is 9.97. The fraction of sp³-hybridized carbons (Fsp3) is 0.333. The van der Waals surface area contributed by atoms with Crippen molar-refractivity contribution in [2.24, 2.45) is 7.05 Å². The molecule has 0 saturated heterocycles. The van der Waals surface area contributed by atoms with E-state index in [2.05, 4.69) is 4.98 Å². The standard InChI is InChI=1S/C21H20N4O2S2/c1-12-7-8-16-22-13(9-17(26)25(16)10-12)11-28-21-23-19-18(20(27)24(21)2)14-5-3-4-6-15(14)29-19/h7-10H,3-6,11H2,1-2H3. The first kappa shape index (κ1) is 18.6. The molecular weight excluding hydrogens is 404 g/mol. The van der Waals surface area contributed by atoms with Crippen molar-refractivity contribution in [3.8, 4) is 0 Å². The molecule has 0 aliphatic heterocycles. The van der Waals surface area contributed by atoms with Gasteiger partial charge in [-0.2, -0.15) is 0 Å². The Kier molecular flexibility index (Phi) is 4.55. The highest BCUT2D eigenvalue weighted by Gasteiger charge is 2.21. The van der Waals surface area contributed by atoms with Crippen molar-refractivity contribution in [3.05, 3.63) is 66.8 Å². The molecule has 1 aliphatic carbocycles. The molecule has 0 unspecified atom stereocenters. The van der Waals surface area contributed by atoms with E-state index in [9.17, 15) is 9.59 Å². The molecule has 5 rings (SSSR count). The maximum Gasteiger partial charge on any atom is 0.262 e. The highest BCUT2D eigenvalue weighted by atomic mass is 32.2. The summed E-state index contributed by atoms with van der Waals surface area (Å²) < 4.78 is 3.19. The van der Waals surface area contributed by atoms with Crippen LogP contribution in [0, 0.1) is 6.92 Å². The Hall–Kier alpha value is -2.45. The minimum absolute atomic E-state index is 0.0268. The number of nitrogens with zero attached hydrogens (tertiary/aromatic N) is 4. The molecule has 4 aromatic rings. The molecule has 0 spiro atoms. The zero-order valence-electron chi connectivity index (χ0n) is 16.3. The van der Waals surface area contributed by atoms with E-state index in [0.717, 1.165) is 35.0 Å². The molecule has 0 bridgehead atoms. The van der Waals surface area contributed by atoms with Gasteiger partial charge >= 0.3 is 0 Å². The summed E-state index contributed by atoms with van der Waals surface area (Å²) >= 11 is 3.10. The molecular formula is C21H20N4O2S2. The maximum absolute atomic E-state index is 13.0. The number of rotatable bonds is 3. The molecule has 1 aliphatic rings. The van der Waals surface area contributed by atoms with Crippen LogP contribution >= 0.6 is 23.1 Å². The predicted molar refractivity (Wildman–Crippen MR) is 117 cm³/mol. The molecule has 0 radical (unpaired) electrons. The van der Waals surface area contributed by atoms with E-state index >= 15 is 0 Å². The van der Waals surface area contributed by atoms with Crippen LogP contribution in [0.2, 0.25) is 0 Å². The topological polar surface area (TPSA) is 69.3 Å². The lowest BCUT2D eigenvalue weighted by Gasteiger charge is -2.11. The van der Waals surface area contributed by atoms with Crippen LogP contribution in [-0.2, 0) is 25.6 Å². The number of hydrogen-bond acceptors (Lipinski definition) is 6. The third-order valence-electron chi connectivity index (χ3n) is 5.37. The molecule has 6 nitrogen and oxygen atoms in total. The number of pyridine rings is 1. The van der Waals surface area contributed by atoms with Crippen molar-refractivity contribution >= 4 is 39.0 Å². The van der Waals surface area contributed by atoms with Gasteiger partial charge in [0.1, 0.15) is 10.5 Å². The van der Waals surface area contributed by atoms with Gasteiger partial charge in [-0.15, -0.1) is 11.3 Å². The number of fused-ring (bicyclic) bond motifs is 4. The van der Waals surface area contributed by atoms with Crippen molar-refractivity contribution in [1.29, 1.82) is 0 Å². The molecule has 4 heterocycles. The van der Waals surface area contributed by atoms with Gasteiger partial charge in [0, 0.05) is 29.9 Å². The largest absolute Gasteiger partial charge is 0.290 e. The van der Waals surface area contributed by atoms with Crippen LogP contribution in [0.3, 0.4) is 0 Å². The number of thiophene rings is 1. The van der Waals surface area contributed by atoms with E-state index in [0.29, 0.717) is 22.3 Å². The Morgan fingerprint density at radius 1 is 1.17 bits per heavy atom. The van der Waals surface area contributed by atoms with E-state index in [1.165, 1.54) is 28.6 Å². The number of aromatic nitrogens is 4. The predicted octanol–water partition coefficient (Wildman–Crippen LogP) is 3.48. The molecule has 0 amide bonds. The van der Waals surface area contributed by atoms with Gasteiger partial charge in [0.25, 0.3) is 11.1 Å². The molecule has 0 atom stereocenters. The molecule has 0 saturated carbocycles. The summed E-state index contributed by atoms with van der Waals surface area (Å²) in [5.41, 5.74) is 3.46. The van der Waals surface area contributed by atoms with Crippen LogP contribution < -0.4 is 11.1 Å². The zero-order valence-corrected chi connectivity index (χ0v) is 17.9. The molecule has 4 aromatic heterocycles. The van der Waals surface area contributed by atoms with E-state index in [4.69, 9.17) is 4.98 Å². The van der Waals surface area contributed by atoms with Gasteiger partial charge in [-0.1, -0.05) is 17.8 Å². The van der Waals surface area contributed by atoms with Crippen LogP contribution in [0.15, 0.2) is 39.1 Å². The first-order valence-corrected chi connectivity index (χ1v) is 11.4. The second kappa shape index (κ2) is 7.11. The molecule has 0 fully saturated rings. The third-order valence-corrected chi connectivity index (χ3v) is 7.61. The Labute approximate surface area is 175 Å². The van der Waals surface area contributed by atoms with E-state index < -0.39 is 0 Å². The second-order valence-electron chi connectivity index (χ2n) is 7.46. The van der Waals surface area contributed by atoms with Crippen molar-refractivity contribution in [3.63, 3.8) is 0 Å². The van der Waals surface area contributed by atoms with Crippen LogP contribution in [-0.4, -0.2) is 18.9 Å². The summed E-state index contributed by atoms with van der Waals surface area (Å²) in [5, 5.41) is 1.46. The fourth-order valence-corrected chi connectivity index (χ4v) is 6.03. The lowest BCUT2D eigenvalue weighted by molar-refractivity contribution is 0.695. The Bertz CT molecular complexity index is 1380. The molecule has 148 valence electrons. The average molecular weight is 425 g/mol. The van der Waals surface area contributed by atoms with Gasteiger partial charge in [0.05, 0.1) is 11.1 Å². The summed E-state index contributed by atoms with van der Waals surface area (Å²) in [6.45, 7) is 1.94. The van der Waals surface area contributed by atoms with Gasteiger partial charge in [-0.3, -0.25) is 18.6 Å². The summed E-state index contributed by atoms with van der Waals surface area (Å²) in [4.78, 5) is 36.9. The van der Waals surface area contributed by atoms with Crippen LogP contribution in [0.25, 0.3) is 15.9 Å². The Morgan fingerprint density at radius 3 is 2.86 bits per heavy atom. The first-order chi connectivity index (χ1) is 14.0. The van der Waals surface area contributed by atoms with E-state index in [1.807, 2.05) is 19.1 Å². The van der Waals surface area contributed by atoms with Gasteiger partial charge in [-0.05, 0) is 49.8 Å². The molecule has 0 aromatic carbocycles. The van der Waals surface area contributed by atoms with Gasteiger partial charge in [0.15, 0.2) is 5.16 Å². The highest BCUT2D eigenvalue weighted by molar-refractivity contribution is 7.98. The van der Waals surface area contributed by atoms with Gasteiger partial charge in [-0.25, -0.2) is 9.97 Å². The SMILES string of the molecule is Cc1ccc2nc(CSc3nc4sc5c(c4c(=O)n3C)CCCC5)cc(=O)n2c1. The van der Waals surface area contributed by atoms with Crippen molar-refractivity contribution in [2.75, 3.05) is 0 Å². The number of thioether (sulfide) groups is 1. The third kappa shape index (κ3) is 3.20.